The highest BCUT2D eigenvalue weighted by atomic mass is 16.5. The molecule has 0 amide bonds. The standard InChI is InChI=1S/C22H30O4/c1-14(5-7-15-13-16(20(24)25)8-9-17(15)23)6-10-18-21(2,3)19-11-12-22(18,4)26-19/h5,8-9,13,18-19,23H,6-7,10-12H2,1-4H3,(H,24,25)/t18-,19+,22+/m0/s1. The van der Waals surface area contributed by atoms with Gasteiger partial charge in [-0.1, -0.05) is 25.5 Å². The lowest BCUT2D eigenvalue weighted by Gasteiger charge is -2.39. The molecule has 0 aliphatic carbocycles. The second-order valence-corrected chi connectivity index (χ2v) is 8.77. The van der Waals surface area contributed by atoms with Crippen LogP contribution in [0.2, 0.25) is 0 Å². The largest absolute Gasteiger partial charge is 0.508 e. The van der Waals surface area contributed by atoms with Crippen LogP contribution in [0.15, 0.2) is 29.8 Å². The number of phenols is 1. The summed E-state index contributed by atoms with van der Waals surface area (Å²) >= 11 is 0. The van der Waals surface area contributed by atoms with Gasteiger partial charge in [0.2, 0.25) is 0 Å². The van der Waals surface area contributed by atoms with Crippen molar-refractivity contribution >= 4 is 5.97 Å². The Bertz CT molecular complexity index is 729. The zero-order valence-electron chi connectivity index (χ0n) is 16.2. The van der Waals surface area contributed by atoms with Crippen LogP contribution in [-0.4, -0.2) is 27.9 Å². The Hall–Kier alpha value is -1.81. The highest BCUT2D eigenvalue weighted by molar-refractivity contribution is 5.88. The first-order chi connectivity index (χ1) is 12.1. The van der Waals surface area contributed by atoms with Crippen molar-refractivity contribution in [3.63, 3.8) is 0 Å². The number of fused-ring (bicyclic) bond motifs is 2. The van der Waals surface area contributed by atoms with Crippen LogP contribution >= 0.6 is 0 Å². The maximum Gasteiger partial charge on any atom is 0.335 e. The summed E-state index contributed by atoms with van der Waals surface area (Å²) in [4.78, 5) is 11.1. The zero-order chi connectivity index (χ0) is 19.1. The predicted octanol–water partition coefficient (Wildman–Crippen LogP) is 4.95. The lowest BCUT2D eigenvalue weighted by atomic mass is 9.62. The van der Waals surface area contributed by atoms with Crippen LogP contribution in [-0.2, 0) is 11.2 Å². The summed E-state index contributed by atoms with van der Waals surface area (Å²) in [7, 11) is 0. The molecule has 2 heterocycles. The van der Waals surface area contributed by atoms with E-state index in [9.17, 15) is 9.90 Å². The Kier molecular flexibility index (Phi) is 4.91. The van der Waals surface area contributed by atoms with Gasteiger partial charge in [-0.15, -0.1) is 0 Å². The molecule has 3 rings (SSSR count). The summed E-state index contributed by atoms with van der Waals surface area (Å²) in [5.74, 6) is -0.270. The SMILES string of the molecule is CC(=CCc1cc(C(=O)O)ccc1O)CC[C@H]1C(C)(C)[C@H]2CC[C@@]1(C)O2. The van der Waals surface area contributed by atoms with E-state index in [1.165, 1.54) is 24.1 Å². The Labute approximate surface area is 155 Å². The van der Waals surface area contributed by atoms with Gasteiger partial charge in [0.25, 0.3) is 0 Å². The number of carboxylic acids is 1. The second kappa shape index (κ2) is 6.73. The van der Waals surface area contributed by atoms with E-state index in [1.807, 2.05) is 0 Å². The zero-order valence-corrected chi connectivity index (χ0v) is 16.2. The molecule has 2 aliphatic heterocycles. The number of aromatic carboxylic acids is 1. The molecule has 2 saturated heterocycles. The quantitative estimate of drug-likeness (QED) is 0.706. The fraction of sp³-hybridized carbons (Fsp3) is 0.591. The van der Waals surface area contributed by atoms with E-state index >= 15 is 0 Å². The van der Waals surface area contributed by atoms with Gasteiger partial charge in [0.1, 0.15) is 5.75 Å². The molecule has 4 nitrogen and oxygen atoms in total. The number of benzene rings is 1. The van der Waals surface area contributed by atoms with Crippen LogP contribution < -0.4 is 0 Å². The number of carboxylic acid groups (broad SMARTS) is 1. The average Bonchev–Trinajstić information content (AvgIpc) is 3.04. The predicted molar refractivity (Wildman–Crippen MR) is 102 cm³/mol. The molecular weight excluding hydrogens is 328 g/mol. The van der Waals surface area contributed by atoms with Crippen molar-refractivity contribution in [1.82, 2.24) is 0 Å². The molecule has 1 aromatic carbocycles. The monoisotopic (exact) mass is 358 g/mol. The lowest BCUT2D eigenvalue weighted by molar-refractivity contribution is 0.00469. The molecule has 2 bridgehead atoms. The van der Waals surface area contributed by atoms with Crippen molar-refractivity contribution in [2.75, 3.05) is 0 Å². The maximum atomic E-state index is 11.1. The van der Waals surface area contributed by atoms with Gasteiger partial charge in [-0.2, -0.15) is 0 Å². The van der Waals surface area contributed by atoms with Crippen molar-refractivity contribution in [3.8, 4) is 5.75 Å². The third-order valence-corrected chi connectivity index (χ3v) is 6.60. The van der Waals surface area contributed by atoms with Gasteiger partial charge < -0.3 is 14.9 Å². The van der Waals surface area contributed by atoms with Gasteiger partial charge in [0.05, 0.1) is 17.3 Å². The summed E-state index contributed by atoms with van der Waals surface area (Å²) in [6, 6.07) is 4.43. The third-order valence-electron chi connectivity index (χ3n) is 6.60. The van der Waals surface area contributed by atoms with Gasteiger partial charge in [0.15, 0.2) is 0 Å². The fourth-order valence-corrected chi connectivity index (χ4v) is 4.97. The van der Waals surface area contributed by atoms with Crippen molar-refractivity contribution in [2.24, 2.45) is 11.3 Å². The van der Waals surface area contributed by atoms with Gasteiger partial charge in [0, 0.05) is 0 Å². The summed E-state index contributed by atoms with van der Waals surface area (Å²) in [5, 5.41) is 19.1. The van der Waals surface area contributed by atoms with Crippen molar-refractivity contribution in [1.29, 1.82) is 0 Å². The summed E-state index contributed by atoms with van der Waals surface area (Å²) in [6.45, 7) is 9.05. The van der Waals surface area contributed by atoms with Crippen molar-refractivity contribution in [2.45, 2.75) is 71.5 Å². The smallest absolute Gasteiger partial charge is 0.335 e. The van der Waals surface area contributed by atoms with E-state index in [0.29, 0.717) is 24.0 Å². The molecule has 26 heavy (non-hydrogen) atoms. The number of hydrogen-bond acceptors (Lipinski definition) is 3. The number of aromatic hydroxyl groups is 1. The minimum atomic E-state index is -0.973. The number of hydrogen-bond donors (Lipinski definition) is 2. The molecule has 4 heteroatoms. The molecule has 2 N–H and O–H groups in total. The fourth-order valence-electron chi connectivity index (χ4n) is 4.97. The molecular formula is C22H30O4. The summed E-state index contributed by atoms with van der Waals surface area (Å²) in [6.07, 6.45) is 7.46. The molecule has 2 fully saturated rings. The van der Waals surface area contributed by atoms with Gasteiger partial charge in [-0.3, -0.25) is 0 Å². The molecule has 1 aromatic rings. The van der Waals surface area contributed by atoms with Crippen LogP contribution in [0.5, 0.6) is 5.75 Å². The molecule has 0 radical (unpaired) electrons. The number of carbonyl (C=O) groups is 1. The van der Waals surface area contributed by atoms with E-state index in [0.717, 1.165) is 19.3 Å². The minimum absolute atomic E-state index is 0.0164. The van der Waals surface area contributed by atoms with Crippen LogP contribution in [0.25, 0.3) is 0 Å². The lowest BCUT2D eigenvalue weighted by Crippen LogP contribution is -2.40. The van der Waals surface area contributed by atoms with Gasteiger partial charge in [-0.05, 0) is 81.0 Å². The van der Waals surface area contributed by atoms with Crippen molar-refractivity contribution < 1.29 is 19.7 Å². The highest BCUT2D eigenvalue weighted by Crippen LogP contribution is 2.59. The number of rotatable bonds is 6. The minimum Gasteiger partial charge on any atom is -0.508 e. The topological polar surface area (TPSA) is 66.8 Å². The van der Waals surface area contributed by atoms with E-state index in [2.05, 4.69) is 33.8 Å². The Morgan fingerprint density at radius 2 is 2.08 bits per heavy atom. The first kappa shape index (κ1) is 19.0. The van der Waals surface area contributed by atoms with Crippen LogP contribution in [0.3, 0.4) is 0 Å². The number of ether oxygens (including phenoxy) is 1. The molecule has 0 unspecified atom stereocenters. The van der Waals surface area contributed by atoms with E-state index in [-0.39, 0.29) is 22.3 Å². The first-order valence-corrected chi connectivity index (χ1v) is 9.52. The summed E-state index contributed by atoms with van der Waals surface area (Å²) < 4.78 is 6.29. The van der Waals surface area contributed by atoms with Gasteiger partial charge >= 0.3 is 5.97 Å². The Balaban J connectivity index is 1.63. The number of phenolic OH excluding ortho intramolecular Hbond substituents is 1. The van der Waals surface area contributed by atoms with Crippen LogP contribution in [0.4, 0.5) is 0 Å². The highest BCUT2D eigenvalue weighted by Gasteiger charge is 2.60. The Morgan fingerprint density at radius 3 is 2.69 bits per heavy atom. The maximum absolute atomic E-state index is 11.1. The third kappa shape index (κ3) is 3.39. The van der Waals surface area contributed by atoms with Crippen LogP contribution in [0.1, 0.15) is 69.3 Å². The second-order valence-electron chi connectivity index (χ2n) is 8.77. The normalized spacial score (nSPS) is 29.9. The van der Waals surface area contributed by atoms with E-state index < -0.39 is 5.97 Å². The van der Waals surface area contributed by atoms with E-state index in [4.69, 9.17) is 9.84 Å². The molecule has 142 valence electrons. The van der Waals surface area contributed by atoms with E-state index in [1.54, 1.807) is 6.07 Å². The molecule has 2 aliphatic rings. The molecule has 0 spiro atoms. The molecule has 0 saturated carbocycles. The Morgan fingerprint density at radius 1 is 1.35 bits per heavy atom. The van der Waals surface area contributed by atoms with Crippen LogP contribution in [0, 0.1) is 11.3 Å². The molecule has 3 atom stereocenters. The first-order valence-electron chi connectivity index (χ1n) is 9.52. The average molecular weight is 358 g/mol. The van der Waals surface area contributed by atoms with Gasteiger partial charge in [-0.25, -0.2) is 4.79 Å². The number of allylic oxidation sites excluding steroid dienone is 2. The summed E-state index contributed by atoms with van der Waals surface area (Å²) in [5.41, 5.74) is 2.37. The van der Waals surface area contributed by atoms with Crippen molar-refractivity contribution in [3.05, 3.63) is 41.0 Å². The molecule has 0 aromatic heterocycles.